The monoisotopic (exact) mass is 1780 g/mol. The highest BCUT2D eigenvalue weighted by Gasteiger charge is 2.49. The van der Waals surface area contributed by atoms with Gasteiger partial charge in [-0.05, 0) is 24.3 Å². The molecule has 20 atom stereocenters. The van der Waals surface area contributed by atoms with E-state index in [4.69, 9.17) is 63.4 Å². The smallest absolute Gasteiger partial charge is 0.330 e. The summed E-state index contributed by atoms with van der Waals surface area (Å²) in [6, 6.07) is 18.7. The molecule has 5 fully saturated rings. The van der Waals surface area contributed by atoms with Crippen molar-refractivity contribution >= 4 is 43.7 Å². The van der Waals surface area contributed by atoms with Gasteiger partial charge in [-0.1, -0.05) is 61.7 Å². The molecule has 2 aromatic carbocycles. The number of rotatable bonds is 23. The number of nitrogens with two attached hydrogens (primary N) is 1. The minimum atomic E-state index is -3.59. The highest BCUT2D eigenvalue weighted by molar-refractivity contribution is 7.88. The van der Waals surface area contributed by atoms with Crippen LogP contribution in [0.4, 0.5) is 0 Å². The molecule has 50 nitrogen and oxygen atoms in total. The number of carbonyl (C=O) groups excluding carboxylic acids is 4. The molecule has 0 saturated carbocycles. The topological polar surface area (TPSA) is 668 Å². The molecule has 4 amide bonds. The second kappa shape index (κ2) is 42.1. The number of sulfonamides is 2. The number of H-pyrrole nitrogens is 5. The van der Waals surface area contributed by atoms with Gasteiger partial charge in [-0.25, -0.2) is 46.7 Å². The van der Waals surface area contributed by atoms with Crippen molar-refractivity contribution in [3.05, 3.63) is 236 Å². The van der Waals surface area contributed by atoms with E-state index in [9.17, 15) is 99.3 Å². The van der Waals surface area contributed by atoms with Crippen LogP contribution in [0.25, 0.3) is 0 Å². The van der Waals surface area contributed by atoms with E-state index in [-0.39, 0.29) is 102 Å². The number of methoxy groups -OCH3 is 4. The van der Waals surface area contributed by atoms with Crippen LogP contribution in [0.1, 0.15) is 100 Å². The molecule has 7 aliphatic heterocycles. The van der Waals surface area contributed by atoms with Crippen molar-refractivity contribution in [1.82, 2.24) is 67.7 Å². The summed E-state index contributed by atoms with van der Waals surface area (Å²) in [6.45, 7) is 7.01. The van der Waals surface area contributed by atoms with Crippen molar-refractivity contribution in [2.24, 2.45) is 29.6 Å². The summed E-state index contributed by atoms with van der Waals surface area (Å²) in [4.78, 5) is 196. The lowest BCUT2D eigenvalue weighted by Crippen LogP contribution is -2.38. The first-order valence-electron chi connectivity index (χ1n) is 36.9. The maximum absolute atomic E-state index is 12.4. The second-order valence-corrected chi connectivity index (χ2v) is 31.6. The Morgan fingerprint density at radius 3 is 0.951 bits per heavy atom. The van der Waals surface area contributed by atoms with Crippen LogP contribution in [0.2, 0.25) is 0 Å². The number of nitrogens with one attached hydrogen (secondary N) is 7. The van der Waals surface area contributed by atoms with Crippen LogP contribution < -0.4 is 71.9 Å². The Morgan fingerprint density at radius 1 is 0.390 bits per heavy atom. The van der Waals surface area contributed by atoms with E-state index in [2.05, 4.69) is 29.6 Å². The standard InChI is InChI=1S/C19H19N3O7.C12H19N3O7S.C11H17N3O5.C11H16N2O5.C10H15N3O8S.C8H5NO3/c1-10-13(9-28-22-16(24)11-5-3-4-6-12(11)17(22)25)29-18(15(10)27-2)21-8-7-14(23)20-19(21)26;1-7-8(6-21-14-23(3,18)19)22-11(10(7)20-2)15-5-4-9(16)13-12(15)17;1-6-7(5-18-12)19-10(9(6)17-2)14-4-3-8(15)13-11(14)16;1-6-7(5-14)18-10(9(6)17-2)13-4-3-8(15)12-11(13)16;1-22(18,19)12-20-4-5-7(15)8(16)9(21-5)13-3-2-6(14)11-10(13)17;10-7-5-3-1-2-4-6(5)8(11)9(7)12/h3-8,10,13,15,18H,9H2,1-2H3,(H,20,23,26);4-5,7-8,10-11,14H,6H2,1-3H3,(H,13,16,17);3-4,6-7,9-10H,5,12H2,1-2H3,(H,13,15,16);3-4,6-7,9-10,14H,5H2,1-2H3,(H,12,15,16);2-3,5,7-9,12,15-16H,4H2,1H3,(H,11,14,17);1-4,12H/t10-,13-,15-,18-;7-,8-,10-,11-;2*6-,7-,9-,10-;5-,7-,8-,9-;/m11111./s1. The lowest BCUT2D eigenvalue weighted by Gasteiger charge is -2.20. The number of benzene rings is 2. The Labute approximate surface area is 692 Å². The van der Waals surface area contributed by atoms with Gasteiger partial charge in [-0.15, -0.1) is 10.1 Å². The van der Waals surface area contributed by atoms with Gasteiger partial charge in [0.15, 0.2) is 31.1 Å². The molecule has 0 unspecified atom stereocenters. The molecule has 672 valence electrons. The Kier molecular flexibility index (Phi) is 32.8. The number of aliphatic hydroxyl groups is 3. The van der Waals surface area contributed by atoms with Crippen LogP contribution in [0, 0.1) is 23.7 Å². The number of hydroxylamine groups is 4. The van der Waals surface area contributed by atoms with E-state index < -0.39 is 180 Å². The highest BCUT2D eigenvalue weighted by Crippen LogP contribution is 2.39. The molecule has 12 heterocycles. The number of imide groups is 2. The van der Waals surface area contributed by atoms with Crippen molar-refractivity contribution < 1.29 is 119 Å². The second-order valence-electron chi connectivity index (χ2n) is 28.2. The lowest BCUT2D eigenvalue weighted by molar-refractivity contribution is -0.136. The van der Waals surface area contributed by atoms with Crippen LogP contribution in [-0.4, -0.2) is 260 Å². The van der Waals surface area contributed by atoms with Gasteiger partial charge in [-0.3, -0.25) is 111 Å². The number of amides is 4. The van der Waals surface area contributed by atoms with Crippen molar-refractivity contribution in [2.45, 2.75) is 126 Å². The molecule has 13 N–H and O–H groups in total. The quantitative estimate of drug-likeness (QED) is 0.0161. The van der Waals surface area contributed by atoms with Gasteiger partial charge in [0.25, 0.3) is 51.4 Å². The fourth-order valence-electron chi connectivity index (χ4n) is 13.8. The fourth-order valence-corrected chi connectivity index (χ4v) is 14.4. The molecular weight excluding hydrogens is 1690 g/mol. The zero-order valence-electron chi connectivity index (χ0n) is 66.9. The zero-order chi connectivity index (χ0) is 90.4. The summed E-state index contributed by atoms with van der Waals surface area (Å²) in [7, 11) is -1.04. The van der Waals surface area contributed by atoms with E-state index in [0.29, 0.717) is 0 Å². The first-order chi connectivity index (χ1) is 58.2. The van der Waals surface area contributed by atoms with E-state index >= 15 is 0 Å². The van der Waals surface area contributed by atoms with E-state index in [1.165, 1.54) is 101 Å². The molecular formula is C71H91N15O35S2. The van der Waals surface area contributed by atoms with Crippen LogP contribution in [0.5, 0.6) is 0 Å². The highest BCUT2D eigenvalue weighted by atomic mass is 32.2. The number of hydrogen-bond donors (Lipinski definition) is 12. The Morgan fingerprint density at radius 2 is 0.659 bits per heavy atom. The van der Waals surface area contributed by atoms with Crippen molar-refractivity contribution in [2.75, 3.05) is 74.0 Å². The van der Waals surface area contributed by atoms with E-state index in [0.717, 1.165) is 34.4 Å². The average molecular weight is 1780 g/mol. The molecule has 123 heavy (non-hydrogen) atoms. The average Bonchev–Trinajstić information content (AvgIpc) is 1.64. The Balaban J connectivity index is 0.000000170. The lowest BCUT2D eigenvalue weighted by atomic mass is 10.0. The SMILES string of the molecule is CO[C@@H]1[C@H](C)[C@@H](CO)O[C@H]1n1ccc(=O)[nH]c1=O.CO[C@@H]1[C@H](C)[C@@H](CON)O[C@H]1n1ccc(=O)[nH]c1=O.CO[C@@H]1[C@H](C)[C@@H](CON2C(=O)c3ccccc3C2=O)O[C@H]1n1ccc(=O)[nH]c1=O.CO[C@@H]1[C@H](C)[C@@H](CONS(C)(=O)=O)O[C@H]1n1ccc(=O)[nH]c1=O.CS(=O)(=O)NOC[C@H]1O[C@@H](n2ccc(=O)[nH]c2=O)[C@H](O)[C@@H]1O.O=C1c2ccccc2C(=O)N1O. The van der Waals surface area contributed by atoms with Gasteiger partial charge in [-0.2, -0.15) is 0 Å². The van der Waals surface area contributed by atoms with Crippen molar-refractivity contribution in [3.8, 4) is 0 Å². The van der Waals surface area contributed by atoms with Crippen molar-refractivity contribution in [3.63, 3.8) is 0 Å². The number of nitrogens with zero attached hydrogens (tertiary/aromatic N) is 7. The number of hydrogen-bond acceptors (Lipinski definition) is 36. The van der Waals surface area contributed by atoms with Gasteiger partial charge in [0.05, 0.1) is 85.6 Å². The predicted octanol–water partition coefficient (Wildman–Crippen LogP) is -5.76. The number of ether oxygens (including phenoxy) is 9. The number of aromatic nitrogens is 10. The van der Waals surface area contributed by atoms with E-state index in [1.54, 1.807) is 48.4 Å². The third-order valence-corrected chi connectivity index (χ3v) is 20.9. The molecule has 7 aromatic rings. The molecule has 0 aliphatic carbocycles. The van der Waals surface area contributed by atoms with Gasteiger partial charge < -0.3 is 62.8 Å². The van der Waals surface area contributed by atoms with Crippen LogP contribution in [0.15, 0.2) is 158 Å². The summed E-state index contributed by atoms with van der Waals surface area (Å²) in [5, 5.41) is 38.7. The zero-order valence-corrected chi connectivity index (χ0v) is 68.6. The predicted molar refractivity (Wildman–Crippen MR) is 415 cm³/mol. The first kappa shape index (κ1) is 96.0. The normalized spacial score (nSPS) is 27.5. The molecule has 5 saturated heterocycles. The number of fused-ring (bicyclic) bond motifs is 2. The number of carbonyl (C=O) groups is 4. The van der Waals surface area contributed by atoms with Crippen LogP contribution >= 0.6 is 0 Å². The Hall–Kier alpha value is -10.8. The summed E-state index contributed by atoms with van der Waals surface area (Å²) in [5.74, 6) is 2.22. The third kappa shape index (κ3) is 23.0. The molecule has 5 aromatic heterocycles. The molecule has 0 spiro atoms. The van der Waals surface area contributed by atoms with Crippen LogP contribution in [-0.2, 0) is 82.0 Å². The largest absolute Gasteiger partial charge is 0.394 e. The van der Waals surface area contributed by atoms with Gasteiger partial charge >= 0.3 is 28.4 Å². The van der Waals surface area contributed by atoms with Crippen LogP contribution in [0.3, 0.4) is 0 Å². The minimum absolute atomic E-state index is 0.00243. The fraction of sp³-hybridized carbons (Fsp3) is 0.493. The Bertz CT molecular complexity index is 5700. The summed E-state index contributed by atoms with van der Waals surface area (Å²) in [6.07, 6.45) is -3.06. The van der Waals surface area contributed by atoms with Gasteiger partial charge in [0, 0.05) is 113 Å². The number of aromatic amines is 5. The minimum Gasteiger partial charge on any atom is -0.394 e. The van der Waals surface area contributed by atoms with E-state index in [1.807, 2.05) is 37.6 Å². The van der Waals surface area contributed by atoms with Crippen molar-refractivity contribution in [1.29, 1.82) is 0 Å². The third-order valence-electron chi connectivity index (χ3n) is 20.1. The molecule has 14 rings (SSSR count). The molecule has 0 bridgehead atoms. The maximum atomic E-state index is 12.4. The van der Waals surface area contributed by atoms with Gasteiger partial charge in [0.2, 0.25) is 20.0 Å². The maximum Gasteiger partial charge on any atom is 0.330 e. The molecule has 52 heteroatoms. The number of aliphatic hydroxyl groups excluding tert-OH is 3. The molecule has 0 radical (unpaired) electrons. The summed E-state index contributed by atoms with van der Waals surface area (Å²) < 4.78 is 99.5. The molecule has 7 aliphatic rings. The first-order valence-corrected chi connectivity index (χ1v) is 40.7. The summed E-state index contributed by atoms with van der Waals surface area (Å²) in [5.41, 5.74) is -4.65. The summed E-state index contributed by atoms with van der Waals surface area (Å²) >= 11 is 0. The van der Waals surface area contributed by atoms with Gasteiger partial charge in [0.1, 0.15) is 49.3 Å².